The Morgan fingerprint density at radius 2 is 2.25 bits per heavy atom. The fraction of sp³-hybridized carbons (Fsp3) is 1.00. The van der Waals surface area contributed by atoms with E-state index >= 15 is 0 Å². The van der Waals surface area contributed by atoms with Gasteiger partial charge in [-0.25, -0.2) is 4.21 Å². The fourth-order valence-electron chi connectivity index (χ4n) is 0.267. The summed E-state index contributed by atoms with van der Waals surface area (Å²) in [6, 6.07) is 0. The molecular weight excluding hydrogens is 143 g/mol. The van der Waals surface area contributed by atoms with Crippen molar-refractivity contribution in [2.75, 3.05) is 12.8 Å². The normalized spacial score (nSPS) is 15.2. The molecule has 8 heavy (non-hydrogen) atoms. The van der Waals surface area contributed by atoms with Crippen LogP contribution in [0.2, 0.25) is 0 Å². The Morgan fingerprint density at radius 1 is 1.62 bits per heavy atom. The molecule has 4 heteroatoms. The molecule has 0 saturated heterocycles. The molecular formula is C4H11O2PS. The van der Waals surface area contributed by atoms with Gasteiger partial charge >= 0.3 is 0 Å². The average molecular weight is 154 g/mol. The van der Waals surface area contributed by atoms with Crippen molar-refractivity contribution in [3.05, 3.63) is 0 Å². The van der Waals surface area contributed by atoms with Crippen LogP contribution < -0.4 is 0 Å². The molecule has 0 heterocycles. The SMILES string of the molecule is CCOS(=O)PCC. The van der Waals surface area contributed by atoms with Crippen LogP contribution in [0.5, 0.6) is 0 Å². The molecule has 2 unspecified atom stereocenters. The predicted octanol–water partition coefficient (Wildman–Crippen LogP) is 1.30. The van der Waals surface area contributed by atoms with Gasteiger partial charge in [-0.05, 0) is 13.1 Å². The third kappa shape index (κ3) is 4.69. The van der Waals surface area contributed by atoms with Gasteiger partial charge in [-0.2, -0.15) is 0 Å². The summed E-state index contributed by atoms with van der Waals surface area (Å²) in [6.07, 6.45) is 0.951. The zero-order valence-corrected chi connectivity index (χ0v) is 6.96. The third-order valence-electron chi connectivity index (χ3n) is 0.487. The maximum Gasteiger partial charge on any atom is 0.173 e. The van der Waals surface area contributed by atoms with Gasteiger partial charge in [0.05, 0.1) is 6.61 Å². The molecule has 0 radical (unpaired) electrons. The monoisotopic (exact) mass is 154 g/mol. The second kappa shape index (κ2) is 5.67. The van der Waals surface area contributed by atoms with E-state index in [1.54, 1.807) is 0 Å². The first kappa shape index (κ1) is 8.54. The number of rotatable bonds is 4. The van der Waals surface area contributed by atoms with Crippen molar-refractivity contribution in [2.45, 2.75) is 13.8 Å². The molecule has 0 aliphatic heterocycles. The van der Waals surface area contributed by atoms with Crippen molar-refractivity contribution in [2.24, 2.45) is 0 Å². The van der Waals surface area contributed by atoms with Gasteiger partial charge in [0.25, 0.3) is 0 Å². The lowest BCUT2D eigenvalue weighted by Gasteiger charge is -1.95. The van der Waals surface area contributed by atoms with E-state index in [2.05, 4.69) is 0 Å². The number of hydrogen-bond acceptors (Lipinski definition) is 2. The van der Waals surface area contributed by atoms with Gasteiger partial charge < -0.3 is 0 Å². The summed E-state index contributed by atoms with van der Waals surface area (Å²) in [6.45, 7) is 4.40. The lowest BCUT2D eigenvalue weighted by molar-refractivity contribution is 0.380. The van der Waals surface area contributed by atoms with Crippen LogP contribution in [-0.2, 0) is 14.9 Å². The number of hydrogen-bond donors (Lipinski definition) is 0. The standard InChI is InChI=1S/C4H11O2PS/c1-3-6-8(5)7-4-2/h7H,3-4H2,1-2H3. The molecule has 0 aromatic heterocycles. The zero-order valence-electron chi connectivity index (χ0n) is 5.14. The highest BCUT2D eigenvalue weighted by Crippen LogP contribution is 2.15. The first-order valence-corrected chi connectivity index (χ1v) is 5.60. The fourth-order valence-corrected chi connectivity index (χ4v) is 2.11. The summed E-state index contributed by atoms with van der Waals surface area (Å²) in [5.41, 5.74) is 0. The molecule has 0 N–H and O–H groups in total. The maximum absolute atomic E-state index is 10.5. The summed E-state index contributed by atoms with van der Waals surface area (Å²) in [7, 11) is -0.547. The minimum atomic E-state index is -0.992. The average Bonchev–Trinajstić information content (AvgIpc) is 1.68. The van der Waals surface area contributed by atoms with E-state index in [9.17, 15) is 4.21 Å². The Bertz CT molecular complexity index is 68.4. The van der Waals surface area contributed by atoms with Crippen molar-refractivity contribution in [1.82, 2.24) is 0 Å². The molecule has 50 valence electrons. The largest absolute Gasteiger partial charge is 0.288 e. The molecule has 0 bridgehead atoms. The van der Waals surface area contributed by atoms with Gasteiger partial charge in [0.2, 0.25) is 0 Å². The summed E-state index contributed by atoms with van der Waals surface area (Å²) in [4.78, 5) is 0. The van der Waals surface area contributed by atoms with E-state index in [-0.39, 0.29) is 0 Å². The molecule has 0 aromatic rings. The highest BCUT2D eigenvalue weighted by atomic mass is 32.7. The predicted molar refractivity (Wildman–Crippen MR) is 38.6 cm³/mol. The Morgan fingerprint density at radius 3 is 2.62 bits per heavy atom. The molecule has 0 aliphatic carbocycles. The Hall–Kier alpha value is 0.540. The highest BCUT2D eigenvalue weighted by molar-refractivity contribution is 8.37. The van der Waals surface area contributed by atoms with Gasteiger partial charge in [0.1, 0.15) is 0 Å². The molecule has 0 rings (SSSR count). The van der Waals surface area contributed by atoms with Crippen LogP contribution in [-0.4, -0.2) is 17.0 Å². The van der Waals surface area contributed by atoms with Crippen LogP contribution in [0.3, 0.4) is 0 Å². The molecule has 0 aliphatic rings. The van der Waals surface area contributed by atoms with E-state index in [4.69, 9.17) is 4.18 Å². The minimum Gasteiger partial charge on any atom is -0.288 e. The van der Waals surface area contributed by atoms with E-state index in [0.717, 1.165) is 6.16 Å². The quantitative estimate of drug-likeness (QED) is 0.570. The van der Waals surface area contributed by atoms with Crippen molar-refractivity contribution in [1.29, 1.82) is 0 Å². The first-order chi connectivity index (χ1) is 3.81. The van der Waals surface area contributed by atoms with Gasteiger partial charge in [0.15, 0.2) is 10.7 Å². The van der Waals surface area contributed by atoms with Crippen molar-refractivity contribution >= 4 is 18.5 Å². The topological polar surface area (TPSA) is 26.3 Å². The van der Waals surface area contributed by atoms with Crippen LogP contribution in [0.25, 0.3) is 0 Å². The summed E-state index contributed by atoms with van der Waals surface area (Å²) < 4.78 is 15.3. The van der Waals surface area contributed by atoms with E-state index in [1.807, 2.05) is 13.8 Å². The second-order valence-electron chi connectivity index (χ2n) is 1.14. The molecule has 2 atom stereocenters. The van der Waals surface area contributed by atoms with Crippen LogP contribution in [0.15, 0.2) is 0 Å². The zero-order chi connectivity index (χ0) is 6.41. The minimum absolute atomic E-state index is 0.445. The Labute approximate surface area is 54.2 Å². The van der Waals surface area contributed by atoms with Crippen LogP contribution in [0.1, 0.15) is 13.8 Å². The lowest BCUT2D eigenvalue weighted by atomic mass is 10.9. The van der Waals surface area contributed by atoms with Crippen molar-refractivity contribution < 1.29 is 8.39 Å². The molecule has 2 nitrogen and oxygen atoms in total. The van der Waals surface area contributed by atoms with E-state index in [0.29, 0.717) is 14.4 Å². The molecule has 0 amide bonds. The van der Waals surface area contributed by atoms with E-state index < -0.39 is 10.7 Å². The second-order valence-corrected chi connectivity index (χ2v) is 4.71. The maximum atomic E-state index is 10.5. The highest BCUT2D eigenvalue weighted by Gasteiger charge is 1.92. The third-order valence-corrected chi connectivity index (χ3v) is 3.39. The Kier molecular flexibility index (Phi) is 6.06. The smallest absolute Gasteiger partial charge is 0.173 e. The Balaban J connectivity index is 3.06. The van der Waals surface area contributed by atoms with Gasteiger partial charge in [-0.1, -0.05) is 6.92 Å². The van der Waals surface area contributed by atoms with E-state index in [1.165, 1.54) is 0 Å². The molecule has 0 fully saturated rings. The summed E-state index contributed by atoms with van der Waals surface area (Å²) in [5.74, 6) is 0. The van der Waals surface area contributed by atoms with Gasteiger partial charge in [-0.15, -0.1) is 0 Å². The van der Waals surface area contributed by atoms with Crippen LogP contribution in [0.4, 0.5) is 0 Å². The molecule has 0 aromatic carbocycles. The van der Waals surface area contributed by atoms with Gasteiger partial charge in [-0.3, -0.25) is 4.18 Å². The van der Waals surface area contributed by atoms with Crippen molar-refractivity contribution in [3.63, 3.8) is 0 Å². The summed E-state index contributed by atoms with van der Waals surface area (Å²) >= 11 is 0. The van der Waals surface area contributed by atoms with Crippen molar-refractivity contribution in [3.8, 4) is 0 Å². The van der Waals surface area contributed by atoms with Crippen LogP contribution in [0, 0.1) is 0 Å². The van der Waals surface area contributed by atoms with Crippen LogP contribution >= 0.6 is 7.78 Å². The molecule has 0 saturated carbocycles. The van der Waals surface area contributed by atoms with Gasteiger partial charge in [0, 0.05) is 7.78 Å². The summed E-state index contributed by atoms with van der Waals surface area (Å²) in [5, 5.41) is 0. The molecule has 0 spiro atoms. The lowest BCUT2D eigenvalue weighted by Crippen LogP contribution is -1.88. The first-order valence-electron chi connectivity index (χ1n) is 2.59.